The molecular formula is C22H17N3O4S. The number of nitrogens with one attached hydrogen (secondary N) is 1. The summed E-state index contributed by atoms with van der Waals surface area (Å²) in [6, 6.07) is 18.0. The quantitative estimate of drug-likeness (QED) is 0.500. The number of esters is 1. The van der Waals surface area contributed by atoms with Gasteiger partial charge in [0.25, 0.3) is 5.56 Å². The van der Waals surface area contributed by atoms with E-state index in [0.717, 1.165) is 10.4 Å². The molecule has 1 N–H and O–H groups in total. The minimum Gasteiger partial charge on any atom is -0.465 e. The van der Waals surface area contributed by atoms with Crippen molar-refractivity contribution in [3.63, 3.8) is 0 Å². The molecule has 2 heterocycles. The van der Waals surface area contributed by atoms with Crippen molar-refractivity contribution in [3.05, 3.63) is 82.9 Å². The summed E-state index contributed by atoms with van der Waals surface area (Å²) in [5.41, 5.74) is 2.10. The summed E-state index contributed by atoms with van der Waals surface area (Å²) in [5.74, 6) is -0.899. The van der Waals surface area contributed by atoms with Crippen molar-refractivity contribution in [3.8, 4) is 10.4 Å². The maximum absolute atomic E-state index is 12.8. The van der Waals surface area contributed by atoms with E-state index in [0.29, 0.717) is 21.5 Å². The third-order valence-electron chi connectivity index (χ3n) is 4.44. The molecule has 0 bridgehead atoms. The Hall–Kier alpha value is -3.78. The maximum Gasteiger partial charge on any atom is 0.337 e. The zero-order chi connectivity index (χ0) is 21.1. The minimum absolute atomic E-state index is 0.192. The van der Waals surface area contributed by atoms with Gasteiger partial charge in [-0.1, -0.05) is 36.4 Å². The van der Waals surface area contributed by atoms with Crippen LogP contribution in [0.1, 0.15) is 10.4 Å². The number of hydrogen-bond acceptors (Lipinski definition) is 6. The molecule has 1 amide bonds. The van der Waals surface area contributed by atoms with Gasteiger partial charge < -0.3 is 10.1 Å². The van der Waals surface area contributed by atoms with Crippen LogP contribution >= 0.6 is 11.3 Å². The van der Waals surface area contributed by atoms with E-state index in [1.54, 1.807) is 18.2 Å². The molecule has 0 unspecified atom stereocenters. The van der Waals surface area contributed by atoms with Crippen LogP contribution in [-0.2, 0) is 16.1 Å². The number of carbonyl (C=O) groups excluding carboxylic acids is 2. The van der Waals surface area contributed by atoms with E-state index in [1.165, 1.54) is 35.4 Å². The number of anilines is 1. The van der Waals surface area contributed by atoms with Crippen LogP contribution in [0.15, 0.2) is 71.8 Å². The van der Waals surface area contributed by atoms with Gasteiger partial charge in [0.1, 0.15) is 11.2 Å². The molecule has 0 aliphatic heterocycles. The normalized spacial score (nSPS) is 10.7. The summed E-state index contributed by atoms with van der Waals surface area (Å²) in [7, 11) is 1.29. The Kier molecular flexibility index (Phi) is 5.40. The molecule has 0 spiro atoms. The molecule has 4 rings (SSSR count). The fourth-order valence-corrected chi connectivity index (χ4v) is 4.06. The highest BCUT2D eigenvalue weighted by molar-refractivity contribution is 7.22. The van der Waals surface area contributed by atoms with Gasteiger partial charge in [0.15, 0.2) is 0 Å². The highest BCUT2D eigenvalue weighted by Gasteiger charge is 2.13. The standard InChI is InChI=1S/C22H17N3O4S/c1-29-22(28)15-8-5-9-16(10-15)24-19(26)12-25-13-23-17-11-18(30-20(17)21(25)27)14-6-3-2-4-7-14/h2-11,13H,12H2,1H3,(H,24,26). The minimum atomic E-state index is -0.496. The highest BCUT2D eigenvalue weighted by atomic mass is 32.1. The van der Waals surface area contributed by atoms with Crippen LogP contribution in [0.5, 0.6) is 0 Å². The van der Waals surface area contributed by atoms with E-state index < -0.39 is 11.9 Å². The first-order chi connectivity index (χ1) is 14.5. The molecule has 0 fully saturated rings. The maximum atomic E-state index is 12.8. The average molecular weight is 419 g/mol. The van der Waals surface area contributed by atoms with Crippen LogP contribution in [0, 0.1) is 0 Å². The molecule has 150 valence electrons. The lowest BCUT2D eigenvalue weighted by molar-refractivity contribution is -0.116. The van der Waals surface area contributed by atoms with Gasteiger partial charge in [-0.05, 0) is 29.8 Å². The Bertz CT molecular complexity index is 1290. The molecule has 0 radical (unpaired) electrons. The second-order valence-electron chi connectivity index (χ2n) is 6.49. The van der Waals surface area contributed by atoms with E-state index in [-0.39, 0.29) is 12.1 Å². The average Bonchev–Trinajstić information content (AvgIpc) is 3.21. The lowest BCUT2D eigenvalue weighted by atomic mass is 10.2. The fraction of sp³-hybridized carbons (Fsp3) is 0.0909. The van der Waals surface area contributed by atoms with Crippen LogP contribution in [-0.4, -0.2) is 28.5 Å². The third-order valence-corrected chi connectivity index (χ3v) is 5.60. The summed E-state index contributed by atoms with van der Waals surface area (Å²) >= 11 is 1.35. The largest absolute Gasteiger partial charge is 0.465 e. The summed E-state index contributed by atoms with van der Waals surface area (Å²) in [4.78, 5) is 42.2. The zero-order valence-electron chi connectivity index (χ0n) is 16.0. The number of benzene rings is 2. The van der Waals surface area contributed by atoms with Gasteiger partial charge in [-0.2, -0.15) is 0 Å². The van der Waals surface area contributed by atoms with E-state index in [9.17, 15) is 14.4 Å². The number of methoxy groups -OCH3 is 1. The van der Waals surface area contributed by atoms with Crippen LogP contribution in [0.25, 0.3) is 20.7 Å². The van der Waals surface area contributed by atoms with Gasteiger partial charge in [-0.25, -0.2) is 9.78 Å². The summed E-state index contributed by atoms with van der Waals surface area (Å²) in [6.45, 7) is -0.192. The molecule has 2 aromatic heterocycles. The van der Waals surface area contributed by atoms with Crippen molar-refractivity contribution in [1.29, 1.82) is 0 Å². The number of rotatable bonds is 5. The topological polar surface area (TPSA) is 90.3 Å². The zero-order valence-corrected chi connectivity index (χ0v) is 16.8. The lowest BCUT2D eigenvalue weighted by Gasteiger charge is -2.08. The number of amides is 1. The van der Waals surface area contributed by atoms with Crippen molar-refractivity contribution < 1.29 is 14.3 Å². The fourth-order valence-electron chi connectivity index (χ4n) is 3.00. The Labute approximate surface area is 175 Å². The van der Waals surface area contributed by atoms with Gasteiger partial charge in [0.2, 0.25) is 5.91 Å². The number of fused-ring (bicyclic) bond motifs is 1. The molecule has 4 aromatic rings. The lowest BCUT2D eigenvalue weighted by Crippen LogP contribution is -2.27. The van der Waals surface area contributed by atoms with E-state index >= 15 is 0 Å². The Balaban J connectivity index is 1.55. The molecule has 2 aromatic carbocycles. The van der Waals surface area contributed by atoms with Gasteiger partial charge >= 0.3 is 5.97 Å². The van der Waals surface area contributed by atoms with Crippen LogP contribution < -0.4 is 10.9 Å². The van der Waals surface area contributed by atoms with Gasteiger partial charge in [0.05, 0.1) is 24.5 Å². The van der Waals surface area contributed by atoms with E-state index in [1.807, 2.05) is 36.4 Å². The predicted molar refractivity (Wildman–Crippen MR) is 116 cm³/mol. The van der Waals surface area contributed by atoms with Crippen LogP contribution in [0.2, 0.25) is 0 Å². The monoisotopic (exact) mass is 419 g/mol. The number of hydrogen-bond donors (Lipinski definition) is 1. The summed E-state index contributed by atoms with van der Waals surface area (Å²) in [5, 5.41) is 2.69. The van der Waals surface area contributed by atoms with E-state index in [4.69, 9.17) is 0 Å². The first-order valence-corrected chi connectivity index (χ1v) is 9.89. The molecule has 0 aliphatic rings. The SMILES string of the molecule is COC(=O)c1cccc(NC(=O)Cn2cnc3cc(-c4ccccc4)sc3c2=O)c1. The number of aromatic nitrogens is 2. The van der Waals surface area contributed by atoms with Crippen molar-refractivity contribution in [2.75, 3.05) is 12.4 Å². The molecule has 0 aliphatic carbocycles. The Morgan fingerprint density at radius 2 is 1.90 bits per heavy atom. The molecule has 0 saturated heterocycles. The van der Waals surface area contributed by atoms with Crippen molar-refractivity contribution >= 4 is 39.1 Å². The first kappa shape index (κ1) is 19.5. The number of ether oxygens (including phenoxy) is 1. The summed E-state index contributed by atoms with van der Waals surface area (Å²) < 4.78 is 6.45. The first-order valence-electron chi connectivity index (χ1n) is 9.08. The van der Waals surface area contributed by atoms with Crippen molar-refractivity contribution in [1.82, 2.24) is 9.55 Å². The van der Waals surface area contributed by atoms with Crippen molar-refractivity contribution in [2.45, 2.75) is 6.54 Å². The second kappa shape index (κ2) is 8.30. The molecule has 0 atom stereocenters. The number of carbonyl (C=O) groups is 2. The predicted octanol–water partition coefficient (Wildman–Crippen LogP) is 3.55. The van der Waals surface area contributed by atoms with Gasteiger partial charge in [-0.3, -0.25) is 14.2 Å². The Morgan fingerprint density at radius 3 is 2.67 bits per heavy atom. The van der Waals surface area contributed by atoms with Crippen LogP contribution in [0.3, 0.4) is 0 Å². The number of nitrogens with zero attached hydrogens (tertiary/aromatic N) is 2. The van der Waals surface area contributed by atoms with Crippen LogP contribution in [0.4, 0.5) is 5.69 Å². The second-order valence-corrected chi connectivity index (χ2v) is 7.54. The molecular weight excluding hydrogens is 402 g/mol. The number of thiophene rings is 1. The van der Waals surface area contributed by atoms with Crippen molar-refractivity contribution in [2.24, 2.45) is 0 Å². The smallest absolute Gasteiger partial charge is 0.337 e. The third kappa shape index (κ3) is 3.99. The molecule has 7 nitrogen and oxygen atoms in total. The molecule has 0 saturated carbocycles. The highest BCUT2D eigenvalue weighted by Crippen LogP contribution is 2.30. The molecule has 8 heteroatoms. The van der Waals surface area contributed by atoms with E-state index in [2.05, 4.69) is 15.0 Å². The van der Waals surface area contributed by atoms with Gasteiger partial charge in [0, 0.05) is 10.6 Å². The van der Waals surface area contributed by atoms with Gasteiger partial charge in [-0.15, -0.1) is 11.3 Å². The molecule has 30 heavy (non-hydrogen) atoms. The summed E-state index contributed by atoms with van der Waals surface area (Å²) in [6.07, 6.45) is 1.37. The Morgan fingerprint density at radius 1 is 1.10 bits per heavy atom.